The molecule has 1 N–H and O–H groups in total. The minimum absolute atomic E-state index is 0.00866. The highest BCUT2D eigenvalue weighted by Crippen LogP contribution is 2.43. The summed E-state index contributed by atoms with van der Waals surface area (Å²) < 4.78 is 18.3. The Morgan fingerprint density at radius 3 is 2.90 bits per heavy atom. The molecule has 0 saturated carbocycles. The van der Waals surface area contributed by atoms with Gasteiger partial charge in [0.25, 0.3) is 0 Å². The monoisotopic (exact) mass is 167 g/mol. The zero-order valence-electron chi connectivity index (χ0n) is 5.17. The number of phosphoric ester groups is 1. The third-order valence-electron chi connectivity index (χ3n) is 0.468. The summed E-state index contributed by atoms with van der Waals surface area (Å²) in [4.78, 5) is 10.6. The molecule has 0 heterocycles. The lowest BCUT2D eigenvalue weighted by Crippen LogP contribution is -1.88. The normalized spacial score (nSPS) is 15.0. The first-order valence-electron chi connectivity index (χ1n) is 2.33. The second kappa shape index (κ2) is 4.14. The SMILES string of the molecule is CCOP(=O)(O)ON=[N+]=[N-]. The molecule has 0 fully saturated rings. The van der Waals surface area contributed by atoms with Crippen molar-refractivity contribution in [3.63, 3.8) is 0 Å². The molecular weight excluding hydrogens is 161 g/mol. The highest BCUT2D eigenvalue weighted by molar-refractivity contribution is 7.47. The van der Waals surface area contributed by atoms with Gasteiger partial charge in [0.1, 0.15) is 5.28 Å². The van der Waals surface area contributed by atoms with Crippen molar-refractivity contribution in [1.29, 1.82) is 0 Å². The molecule has 0 aliphatic carbocycles. The Labute approximate surface area is 56.8 Å². The topological polar surface area (TPSA) is 105 Å². The second-order valence-corrected chi connectivity index (χ2v) is 2.50. The maximum Gasteiger partial charge on any atom is 0.533 e. The molecule has 1 unspecified atom stereocenters. The second-order valence-electron chi connectivity index (χ2n) is 1.14. The molecule has 8 heteroatoms. The zero-order valence-corrected chi connectivity index (χ0v) is 6.06. The van der Waals surface area contributed by atoms with E-state index in [1.807, 2.05) is 0 Å². The lowest BCUT2D eigenvalue weighted by atomic mass is 10.9. The predicted molar refractivity (Wildman–Crippen MR) is 31.7 cm³/mol. The molecule has 7 nitrogen and oxygen atoms in total. The number of azide groups is 1. The van der Waals surface area contributed by atoms with Gasteiger partial charge in [-0.1, -0.05) is 0 Å². The summed E-state index contributed by atoms with van der Waals surface area (Å²) in [5.41, 5.74) is 7.64. The molecule has 0 rings (SSSR count). The molecule has 0 aromatic carbocycles. The molecule has 0 aliphatic rings. The van der Waals surface area contributed by atoms with Crippen LogP contribution in [0.4, 0.5) is 0 Å². The van der Waals surface area contributed by atoms with Crippen LogP contribution in [-0.4, -0.2) is 11.5 Å². The lowest BCUT2D eigenvalue weighted by Gasteiger charge is -2.04. The summed E-state index contributed by atoms with van der Waals surface area (Å²) in [7, 11) is -4.13. The number of hydrogen-bond acceptors (Lipinski definition) is 4. The molecule has 0 amide bonds. The van der Waals surface area contributed by atoms with Crippen molar-refractivity contribution in [1.82, 2.24) is 0 Å². The molecule has 10 heavy (non-hydrogen) atoms. The molecule has 0 spiro atoms. The summed E-state index contributed by atoms with van der Waals surface area (Å²) in [5.74, 6) is 0. The van der Waals surface area contributed by atoms with Gasteiger partial charge in [-0.05, 0) is 12.5 Å². The molecular formula is C2H6N3O4P. The van der Waals surface area contributed by atoms with Gasteiger partial charge in [-0.3, -0.25) is 9.42 Å². The van der Waals surface area contributed by atoms with E-state index in [4.69, 9.17) is 10.4 Å². The van der Waals surface area contributed by atoms with Gasteiger partial charge in [0, 0.05) is 4.91 Å². The van der Waals surface area contributed by atoms with E-state index in [-0.39, 0.29) is 6.61 Å². The Morgan fingerprint density at radius 2 is 2.50 bits per heavy atom. The summed E-state index contributed by atoms with van der Waals surface area (Å²) >= 11 is 0. The van der Waals surface area contributed by atoms with Crippen LogP contribution in [0.1, 0.15) is 6.92 Å². The van der Waals surface area contributed by atoms with Gasteiger partial charge in [0.2, 0.25) is 0 Å². The van der Waals surface area contributed by atoms with Gasteiger partial charge >= 0.3 is 7.82 Å². The van der Waals surface area contributed by atoms with E-state index in [1.54, 1.807) is 0 Å². The maximum absolute atomic E-state index is 10.4. The molecule has 0 aliphatic heterocycles. The Morgan fingerprint density at radius 1 is 1.90 bits per heavy atom. The average Bonchev–Trinajstić information content (AvgIpc) is 1.84. The van der Waals surface area contributed by atoms with Crippen molar-refractivity contribution >= 4 is 7.82 Å². The molecule has 0 saturated heterocycles. The smallest absolute Gasteiger partial charge is 0.336 e. The van der Waals surface area contributed by atoms with Crippen molar-refractivity contribution < 1.29 is 18.6 Å². The highest BCUT2D eigenvalue weighted by atomic mass is 31.2. The first-order valence-corrected chi connectivity index (χ1v) is 3.82. The van der Waals surface area contributed by atoms with Gasteiger partial charge < -0.3 is 4.62 Å². The molecule has 0 aromatic heterocycles. The number of hydrogen-bond donors (Lipinski definition) is 1. The number of nitrogens with zero attached hydrogens (tertiary/aromatic N) is 3. The van der Waals surface area contributed by atoms with Crippen LogP contribution in [0.5, 0.6) is 0 Å². The lowest BCUT2D eigenvalue weighted by molar-refractivity contribution is 0.157. The van der Waals surface area contributed by atoms with Crippen molar-refractivity contribution in [3.8, 4) is 0 Å². The summed E-state index contributed by atoms with van der Waals surface area (Å²) in [6.07, 6.45) is 0. The van der Waals surface area contributed by atoms with Gasteiger partial charge in [0.15, 0.2) is 0 Å². The van der Waals surface area contributed by atoms with Crippen LogP contribution < -0.4 is 0 Å². The zero-order chi connectivity index (χ0) is 8.04. The van der Waals surface area contributed by atoms with E-state index in [2.05, 4.69) is 19.3 Å². The standard InChI is InChI=1S/C2H6N3O4P/c1-2-8-10(6,7)9-5-4-3/h2H2,1H3,(H,6,7). The summed E-state index contributed by atoms with van der Waals surface area (Å²) in [5, 5.41) is 2.40. The fraction of sp³-hybridized carbons (Fsp3) is 1.00. The first-order chi connectivity index (χ1) is 4.62. The van der Waals surface area contributed by atoms with Crippen molar-refractivity contribution in [2.45, 2.75) is 6.92 Å². The Kier molecular flexibility index (Phi) is 3.83. The minimum Gasteiger partial charge on any atom is -0.336 e. The van der Waals surface area contributed by atoms with Crippen LogP contribution in [0.3, 0.4) is 0 Å². The Bertz CT molecular complexity index is 187. The van der Waals surface area contributed by atoms with Crippen LogP contribution in [0.25, 0.3) is 10.4 Å². The fourth-order valence-corrected chi connectivity index (χ4v) is 0.748. The van der Waals surface area contributed by atoms with Crippen LogP contribution in [0.2, 0.25) is 0 Å². The fourth-order valence-electron chi connectivity index (χ4n) is 0.249. The van der Waals surface area contributed by atoms with Crippen molar-refractivity contribution in [2.24, 2.45) is 5.28 Å². The molecule has 0 aromatic rings. The van der Waals surface area contributed by atoms with Gasteiger partial charge in [0.05, 0.1) is 6.61 Å². The van der Waals surface area contributed by atoms with Crippen molar-refractivity contribution in [2.75, 3.05) is 6.61 Å². The first kappa shape index (κ1) is 9.26. The van der Waals surface area contributed by atoms with E-state index >= 15 is 0 Å². The van der Waals surface area contributed by atoms with Gasteiger partial charge in [-0.15, -0.1) is 0 Å². The minimum atomic E-state index is -4.13. The molecule has 0 radical (unpaired) electrons. The largest absolute Gasteiger partial charge is 0.533 e. The molecule has 0 bridgehead atoms. The Hall–Kier alpha value is -0.740. The van der Waals surface area contributed by atoms with Crippen LogP contribution in [-0.2, 0) is 13.7 Å². The van der Waals surface area contributed by atoms with Crippen LogP contribution in [0, 0.1) is 0 Å². The highest BCUT2D eigenvalue weighted by Gasteiger charge is 2.19. The van der Waals surface area contributed by atoms with E-state index < -0.39 is 7.82 Å². The van der Waals surface area contributed by atoms with Crippen molar-refractivity contribution in [3.05, 3.63) is 10.4 Å². The van der Waals surface area contributed by atoms with E-state index in [1.165, 1.54) is 6.92 Å². The molecule has 58 valence electrons. The van der Waals surface area contributed by atoms with E-state index in [9.17, 15) is 4.57 Å². The van der Waals surface area contributed by atoms with E-state index in [0.29, 0.717) is 0 Å². The molecule has 1 atom stereocenters. The number of phosphoric acid groups is 1. The third kappa shape index (κ3) is 4.17. The third-order valence-corrected chi connectivity index (χ3v) is 1.33. The van der Waals surface area contributed by atoms with Crippen LogP contribution >= 0.6 is 7.82 Å². The maximum atomic E-state index is 10.4. The summed E-state index contributed by atoms with van der Waals surface area (Å²) in [6.45, 7) is 1.51. The Balaban J connectivity index is 3.86. The van der Waals surface area contributed by atoms with Crippen LogP contribution in [0.15, 0.2) is 5.28 Å². The van der Waals surface area contributed by atoms with Gasteiger partial charge in [-0.25, -0.2) is 4.57 Å². The number of rotatable bonds is 4. The van der Waals surface area contributed by atoms with Gasteiger partial charge in [-0.2, -0.15) is 0 Å². The summed E-state index contributed by atoms with van der Waals surface area (Å²) in [6, 6.07) is 0. The predicted octanol–water partition coefficient (Wildman–Crippen LogP) is 1.37. The quantitative estimate of drug-likeness (QED) is 0.224. The van der Waals surface area contributed by atoms with E-state index in [0.717, 1.165) is 0 Å². The average molecular weight is 167 g/mol.